The van der Waals surface area contributed by atoms with Crippen LogP contribution in [0.2, 0.25) is 0 Å². The zero-order valence-electron chi connectivity index (χ0n) is 16.5. The third-order valence-corrected chi connectivity index (χ3v) is 4.97. The van der Waals surface area contributed by atoms with Crippen molar-refractivity contribution in [2.45, 2.75) is 6.92 Å². The Hall–Kier alpha value is -3.78. The second kappa shape index (κ2) is 9.82. The smallest absolute Gasteiger partial charge is 0.272 e. The molecule has 0 radical (unpaired) electrons. The van der Waals surface area contributed by atoms with Crippen molar-refractivity contribution < 1.29 is 14.5 Å². The number of amides is 2. The Balaban J connectivity index is 1.95. The standard InChI is InChI=1S/C23H18BrN3O4/c1-15-6-4-8-17(12-15)25-23(29)21(14-16-7-5-9-18(13-16)27(30)31)26-22(28)19-10-2-3-11-20(19)24/h2-14H,1H3,(H,25,29)(H,26,28)/b21-14+. The lowest BCUT2D eigenvalue weighted by molar-refractivity contribution is -0.384. The minimum atomic E-state index is -0.558. The number of rotatable bonds is 6. The Labute approximate surface area is 187 Å². The van der Waals surface area contributed by atoms with Crippen molar-refractivity contribution >= 4 is 45.2 Å². The summed E-state index contributed by atoms with van der Waals surface area (Å²) >= 11 is 3.32. The molecule has 0 aliphatic heterocycles. The molecule has 0 bridgehead atoms. The van der Waals surface area contributed by atoms with E-state index < -0.39 is 16.7 Å². The van der Waals surface area contributed by atoms with E-state index in [0.717, 1.165) is 5.56 Å². The summed E-state index contributed by atoms with van der Waals surface area (Å²) in [5, 5.41) is 16.4. The topological polar surface area (TPSA) is 101 Å². The third kappa shape index (κ3) is 5.86. The first kappa shape index (κ1) is 21.9. The molecule has 0 aromatic heterocycles. The van der Waals surface area contributed by atoms with Gasteiger partial charge in [-0.1, -0.05) is 36.4 Å². The van der Waals surface area contributed by atoms with Gasteiger partial charge in [0.25, 0.3) is 17.5 Å². The number of nitrogens with one attached hydrogen (secondary N) is 2. The van der Waals surface area contributed by atoms with Gasteiger partial charge in [-0.3, -0.25) is 19.7 Å². The number of hydrogen-bond acceptors (Lipinski definition) is 4. The Kier molecular flexibility index (Phi) is 6.94. The number of nitro benzene ring substituents is 1. The predicted octanol–water partition coefficient (Wildman–Crippen LogP) is 5.08. The normalized spacial score (nSPS) is 11.0. The van der Waals surface area contributed by atoms with Gasteiger partial charge in [-0.15, -0.1) is 0 Å². The number of nitro groups is 1. The van der Waals surface area contributed by atoms with Gasteiger partial charge < -0.3 is 10.6 Å². The van der Waals surface area contributed by atoms with E-state index in [9.17, 15) is 19.7 Å². The molecule has 0 aliphatic carbocycles. The number of benzene rings is 3. The van der Waals surface area contributed by atoms with E-state index >= 15 is 0 Å². The van der Waals surface area contributed by atoms with Crippen LogP contribution in [0.3, 0.4) is 0 Å². The number of nitrogens with zero attached hydrogens (tertiary/aromatic N) is 1. The second-order valence-electron chi connectivity index (χ2n) is 6.67. The van der Waals surface area contributed by atoms with Crippen LogP contribution in [-0.4, -0.2) is 16.7 Å². The summed E-state index contributed by atoms with van der Waals surface area (Å²) in [6.45, 7) is 1.89. The quantitative estimate of drug-likeness (QED) is 0.292. The molecular formula is C23H18BrN3O4. The van der Waals surface area contributed by atoms with Gasteiger partial charge in [0.1, 0.15) is 5.70 Å². The molecule has 0 saturated carbocycles. The Bertz CT molecular complexity index is 1190. The number of carbonyl (C=O) groups excluding carboxylic acids is 2. The fourth-order valence-corrected chi connectivity index (χ4v) is 3.27. The molecule has 0 spiro atoms. The van der Waals surface area contributed by atoms with Crippen molar-refractivity contribution in [1.82, 2.24) is 5.32 Å². The summed E-state index contributed by atoms with van der Waals surface area (Å²) in [6, 6.07) is 19.8. The number of carbonyl (C=O) groups is 2. The van der Waals surface area contributed by atoms with Crippen LogP contribution in [-0.2, 0) is 4.79 Å². The highest BCUT2D eigenvalue weighted by molar-refractivity contribution is 9.10. The largest absolute Gasteiger partial charge is 0.321 e. The number of aryl methyl sites for hydroxylation is 1. The fourth-order valence-electron chi connectivity index (χ4n) is 2.81. The SMILES string of the molecule is Cc1cccc(NC(=O)/C(=C\c2cccc([N+](=O)[O-])c2)NC(=O)c2ccccc2Br)c1. The molecule has 0 atom stereocenters. The maximum Gasteiger partial charge on any atom is 0.272 e. The number of halogens is 1. The van der Waals surface area contributed by atoms with Crippen LogP contribution >= 0.6 is 15.9 Å². The van der Waals surface area contributed by atoms with Crippen LogP contribution in [0.15, 0.2) is 83.0 Å². The Morgan fingerprint density at radius 3 is 2.45 bits per heavy atom. The van der Waals surface area contributed by atoms with E-state index in [0.29, 0.717) is 21.3 Å². The molecule has 156 valence electrons. The molecule has 3 aromatic carbocycles. The number of non-ortho nitro benzene ring substituents is 1. The average Bonchev–Trinajstić information content (AvgIpc) is 2.73. The van der Waals surface area contributed by atoms with Crippen molar-refractivity contribution in [1.29, 1.82) is 0 Å². The zero-order chi connectivity index (χ0) is 22.4. The minimum absolute atomic E-state index is 0.0530. The Morgan fingerprint density at radius 2 is 1.74 bits per heavy atom. The number of anilines is 1. The van der Waals surface area contributed by atoms with E-state index in [1.54, 1.807) is 48.5 Å². The first-order chi connectivity index (χ1) is 14.8. The summed E-state index contributed by atoms with van der Waals surface area (Å²) in [7, 11) is 0. The summed E-state index contributed by atoms with van der Waals surface area (Å²) in [6.07, 6.45) is 1.40. The first-order valence-electron chi connectivity index (χ1n) is 9.23. The van der Waals surface area contributed by atoms with E-state index in [-0.39, 0.29) is 11.4 Å². The summed E-state index contributed by atoms with van der Waals surface area (Å²) in [5.41, 5.74) is 2.09. The van der Waals surface area contributed by atoms with Gasteiger partial charge in [0, 0.05) is 22.3 Å². The van der Waals surface area contributed by atoms with Crippen LogP contribution in [0.1, 0.15) is 21.5 Å². The monoisotopic (exact) mass is 479 g/mol. The van der Waals surface area contributed by atoms with Crippen molar-refractivity contribution in [3.8, 4) is 0 Å². The molecule has 3 aromatic rings. The van der Waals surface area contributed by atoms with Crippen molar-refractivity contribution in [3.63, 3.8) is 0 Å². The van der Waals surface area contributed by atoms with Crippen molar-refractivity contribution in [3.05, 3.63) is 110 Å². The fraction of sp³-hybridized carbons (Fsp3) is 0.0435. The molecule has 2 amide bonds. The lowest BCUT2D eigenvalue weighted by Gasteiger charge is -2.12. The van der Waals surface area contributed by atoms with Gasteiger partial charge in [-0.05, 0) is 64.3 Å². The second-order valence-corrected chi connectivity index (χ2v) is 7.52. The molecule has 0 fully saturated rings. The molecule has 8 heteroatoms. The molecule has 31 heavy (non-hydrogen) atoms. The average molecular weight is 480 g/mol. The lowest BCUT2D eigenvalue weighted by Crippen LogP contribution is -2.31. The summed E-state index contributed by atoms with van der Waals surface area (Å²) in [5.74, 6) is -1.05. The highest BCUT2D eigenvalue weighted by Gasteiger charge is 2.17. The lowest BCUT2D eigenvalue weighted by atomic mass is 10.1. The first-order valence-corrected chi connectivity index (χ1v) is 10.0. The van der Waals surface area contributed by atoms with Crippen LogP contribution in [0.5, 0.6) is 0 Å². The summed E-state index contributed by atoms with van der Waals surface area (Å²) in [4.78, 5) is 36.3. The van der Waals surface area contributed by atoms with Gasteiger partial charge in [0.2, 0.25) is 0 Å². The maximum absolute atomic E-state index is 13.0. The highest BCUT2D eigenvalue weighted by atomic mass is 79.9. The zero-order valence-corrected chi connectivity index (χ0v) is 18.0. The van der Waals surface area contributed by atoms with E-state index in [2.05, 4.69) is 26.6 Å². The molecule has 0 saturated heterocycles. The van der Waals surface area contributed by atoms with Gasteiger partial charge in [0.15, 0.2) is 0 Å². The molecule has 7 nitrogen and oxygen atoms in total. The predicted molar refractivity (Wildman–Crippen MR) is 122 cm³/mol. The highest BCUT2D eigenvalue weighted by Crippen LogP contribution is 2.19. The van der Waals surface area contributed by atoms with Gasteiger partial charge in [-0.25, -0.2) is 0 Å². The van der Waals surface area contributed by atoms with Gasteiger partial charge >= 0.3 is 0 Å². The molecule has 3 rings (SSSR count). The maximum atomic E-state index is 13.0. The van der Waals surface area contributed by atoms with Gasteiger partial charge in [0.05, 0.1) is 10.5 Å². The van der Waals surface area contributed by atoms with Crippen LogP contribution in [0, 0.1) is 17.0 Å². The van der Waals surface area contributed by atoms with Gasteiger partial charge in [-0.2, -0.15) is 0 Å². The van der Waals surface area contributed by atoms with Crippen LogP contribution in [0.25, 0.3) is 6.08 Å². The van der Waals surface area contributed by atoms with E-state index in [1.807, 2.05) is 13.0 Å². The molecular weight excluding hydrogens is 462 g/mol. The Morgan fingerprint density at radius 1 is 1.00 bits per heavy atom. The van der Waals surface area contributed by atoms with E-state index in [1.165, 1.54) is 24.3 Å². The van der Waals surface area contributed by atoms with Crippen LogP contribution in [0.4, 0.5) is 11.4 Å². The number of hydrogen-bond donors (Lipinski definition) is 2. The van der Waals surface area contributed by atoms with Crippen LogP contribution < -0.4 is 10.6 Å². The molecule has 0 aliphatic rings. The summed E-state index contributed by atoms with van der Waals surface area (Å²) < 4.78 is 0.571. The molecule has 0 heterocycles. The van der Waals surface area contributed by atoms with E-state index in [4.69, 9.17) is 0 Å². The van der Waals surface area contributed by atoms with Crippen molar-refractivity contribution in [2.75, 3.05) is 5.32 Å². The molecule has 2 N–H and O–H groups in total. The van der Waals surface area contributed by atoms with Crippen molar-refractivity contribution in [2.24, 2.45) is 0 Å². The third-order valence-electron chi connectivity index (χ3n) is 4.28. The minimum Gasteiger partial charge on any atom is -0.321 e. The molecule has 0 unspecified atom stereocenters.